The molecular formula is C14H20N4S. The number of rotatable bonds is 6. The molecule has 0 saturated carbocycles. The molecule has 5 heteroatoms. The smallest absolute Gasteiger partial charge is 0.224 e. The van der Waals surface area contributed by atoms with Gasteiger partial charge in [-0.3, -0.25) is 0 Å². The van der Waals surface area contributed by atoms with Crippen LogP contribution >= 0.6 is 11.3 Å². The Kier molecular flexibility index (Phi) is 4.74. The predicted octanol–water partition coefficient (Wildman–Crippen LogP) is 3.32. The number of aryl methyl sites for hydroxylation is 1. The van der Waals surface area contributed by atoms with Gasteiger partial charge in [-0.15, -0.1) is 11.3 Å². The number of hydrogen-bond donors (Lipinski definition) is 2. The Hall–Kier alpha value is -1.62. The molecule has 2 aromatic rings. The summed E-state index contributed by atoms with van der Waals surface area (Å²) in [5, 5.41) is 8.71. The molecule has 0 spiro atoms. The first-order valence-electron chi connectivity index (χ1n) is 6.55. The molecule has 0 aromatic carbocycles. The molecule has 0 aliphatic carbocycles. The molecule has 2 N–H and O–H groups in total. The van der Waals surface area contributed by atoms with Crippen molar-refractivity contribution in [2.45, 2.75) is 33.2 Å². The third-order valence-electron chi connectivity index (χ3n) is 2.78. The van der Waals surface area contributed by atoms with Crippen LogP contribution in [0.2, 0.25) is 0 Å². The minimum atomic E-state index is 0.349. The Morgan fingerprint density at radius 1 is 1.42 bits per heavy atom. The monoisotopic (exact) mass is 276 g/mol. The van der Waals surface area contributed by atoms with E-state index >= 15 is 0 Å². The largest absolute Gasteiger partial charge is 0.367 e. The Morgan fingerprint density at radius 3 is 2.95 bits per heavy atom. The van der Waals surface area contributed by atoms with E-state index < -0.39 is 0 Å². The summed E-state index contributed by atoms with van der Waals surface area (Å²) >= 11 is 1.79. The zero-order valence-electron chi connectivity index (χ0n) is 11.6. The molecule has 4 nitrogen and oxygen atoms in total. The normalized spacial score (nSPS) is 12.2. The van der Waals surface area contributed by atoms with Gasteiger partial charge in [-0.2, -0.15) is 4.98 Å². The summed E-state index contributed by atoms with van der Waals surface area (Å²) in [5.74, 6) is 1.59. The van der Waals surface area contributed by atoms with Gasteiger partial charge in [-0.05, 0) is 32.2 Å². The van der Waals surface area contributed by atoms with Crippen LogP contribution in [0.3, 0.4) is 0 Å². The summed E-state index contributed by atoms with van der Waals surface area (Å²) in [5.41, 5.74) is 1.07. The lowest BCUT2D eigenvalue weighted by Crippen LogP contribution is -2.19. The topological polar surface area (TPSA) is 49.8 Å². The van der Waals surface area contributed by atoms with E-state index in [1.54, 1.807) is 11.3 Å². The third kappa shape index (κ3) is 3.92. The molecule has 0 fully saturated rings. The van der Waals surface area contributed by atoms with Gasteiger partial charge < -0.3 is 10.6 Å². The molecular weight excluding hydrogens is 256 g/mol. The molecule has 0 radical (unpaired) electrons. The van der Waals surface area contributed by atoms with Crippen LogP contribution in [0.5, 0.6) is 0 Å². The molecule has 0 amide bonds. The highest BCUT2D eigenvalue weighted by Crippen LogP contribution is 2.17. The Bertz CT molecular complexity index is 510. The van der Waals surface area contributed by atoms with Gasteiger partial charge in [-0.1, -0.05) is 6.07 Å². The second-order valence-corrected chi connectivity index (χ2v) is 5.62. The summed E-state index contributed by atoms with van der Waals surface area (Å²) < 4.78 is 0. The van der Waals surface area contributed by atoms with Crippen molar-refractivity contribution in [3.8, 4) is 0 Å². The number of hydrogen-bond acceptors (Lipinski definition) is 5. The molecule has 0 saturated heterocycles. The summed E-state index contributed by atoms with van der Waals surface area (Å²) in [6.45, 7) is 7.06. The fraction of sp³-hybridized carbons (Fsp3) is 0.429. The maximum atomic E-state index is 4.50. The minimum absolute atomic E-state index is 0.349. The standard InChI is InChI=1S/C14H20N4S/c1-4-15-14-16-9-10(2)13(18-14)17-11(3)8-12-6-5-7-19-12/h5-7,9,11H,4,8H2,1-3H3,(H2,15,16,17,18). The van der Waals surface area contributed by atoms with Crippen LogP contribution in [-0.2, 0) is 6.42 Å². The molecule has 0 aliphatic rings. The Balaban J connectivity index is 2.02. The second kappa shape index (κ2) is 6.52. The fourth-order valence-corrected chi connectivity index (χ4v) is 2.68. The zero-order chi connectivity index (χ0) is 13.7. The molecule has 102 valence electrons. The van der Waals surface area contributed by atoms with Gasteiger partial charge in [0.2, 0.25) is 5.95 Å². The average Bonchev–Trinajstić information content (AvgIpc) is 2.86. The van der Waals surface area contributed by atoms with E-state index in [2.05, 4.69) is 45.0 Å². The highest BCUT2D eigenvalue weighted by Gasteiger charge is 2.08. The lowest BCUT2D eigenvalue weighted by atomic mass is 10.2. The third-order valence-corrected chi connectivity index (χ3v) is 3.68. The molecule has 1 unspecified atom stereocenters. The number of nitrogens with zero attached hydrogens (tertiary/aromatic N) is 2. The van der Waals surface area contributed by atoms with Crippen molar-refractivity contribution in [2.24, 2.45) is 0 Å². The number of thiophene rings is 1. The number of nitrogens with one attached hydrogen (secondary N) is 2. The molecule has 0 aliphatic heterocycles. The highest BCUT2D eigenvalue weighted by atomic mass is 32.1. The van der Waals surface area contributed by atoms with Gasteiger partial charge in [0, 0.05) is 35.6 Å². The lowest BCUT2D eigenvalue weighted by Gasteiger charge is -2.16. The van der Waals surface area contributed by atoms with Crippen molar-refractivity contribution in [3.63, 3.8) is 0 Å². The molecule has 2 aromatic heterocycles. The first kappa shape index (κ1) is 13.8. The summed E-state index contributed by atoms with van der Waals surface area (Å²) in [6, 6.07) is 4.60. The van der Waals surface area contributed by atoms with E-state index in [9.17, 15) is 0 Å². The van der Waals surface area contributed by atoms with Crippen molar-refractivity contribution < 1.29 is 0 Å². The Labute approximate surface area is 118 Å². The maximum Gasteiger partial charge on any atom is 0.224 e. The van der Waals surface area contributed by atoms with E-state index in [0.717, 1.165) is 24.3 Å². The van der Waals surface area contributed by atoms with E-state index in [4.69, 9.17) is 0 Å². The highest BCUT2D eigenvalue weighted by molar-refractivity contribution is 7.09. The van der Waals surface area contributed by atoms with Crippen LogP contribution < -0.4 is 10.6 Å². The van der Waals surface area contributed by atoms with Gasteiger partial charge in [0.25, 0.3) is 0 Å². The van der Waals surface area contributed by atoms with Crippen LogP contribution in [0.15, 0.2) is 23.7 Å². The van der Waals surface area contributed by atoms with E-state index in [0.29, 0.717) is 12.0 Å². The fourth-order valence-electron chi connectivity index (χ4n) is 1.85. The van der Waals surface area contributed by atoms with E-state index in [1.165, 1.54) is 4.88 Å². The van der Waals surface area contributed by atoms with Crippen molar-refractivity contribution in [2.75, 3.05) is 17.2 Å². The van der Waals surface area contributed by atoms with Crippen molar-refractivity contribution >= 4 is 23.1 Å². The lowest BCUT2D eigenvalue weighted by molar-refractivity contribution is 0.791. The first-order valence-corrected chi connectivity index (χ1v) is 7.43. The van der Waals surface area contributed by atoms with Crippen molar-refractivity contribution in [1.29, 1.82) is 0 Å². The van der Waals surface area contributed by atoms with Gasteiger partial charge in [0.15, 0.2) is 0 Å². The molecule has 2 rings (SSSR count). The molecule has 2 heterocycles. The molecule has 19 heavy (non-hydrogen) atoms. The van der Waals surface area contributed by atoms with Crippen LogP contribution in [0.1, 0.15) is 24.3 Å². The van der Waals surface area contributed by atoms with Gasteiger partial charge in [0.05, 0.1) is 0 Å². The molecule has 1 atom stereocenters. The minimum Gasteiger partial charge on any atom is -0.367 e. The molecule has 0 bridgehead atoms. The first-order chi connectivity index (χ1) is 9.19. The average molecular weight is 276 g/mol. The van der Waals surface area contributed by atoms with Gasteiger partial charge in [-0.25, -0.2) is 4.98 Å². The summed E-state index contributed by atoms with van der Waals surface area (Å²) in [4.78, 5) is 10.1. The second-order valence-electron chi connectivity index (χ2n) is 4.58. The van der Waals surface area contributed by atoms with E-state index in [-0.39, 0.29) is 0 Å². The van der Waals surface area contributed by atoms with Gasteiger partial charge >= 0.3 is 0 Å². The van der Waals surface area contributed by atoms with Crippen molar-refractivity contribution in [1.82, 2.24) is 9.97 Å². The predicted molar refractivity (Wildman–Crippen MR) is 82.0 cm³/mol. The Morgan fingerprint density at radius 2 is 2.26 bits per heavy atom. The number of aromatic nitrogens is 2. The van der Waals surface area contributed by atoms with Crippen LogP contribution in [0.25, 0.3) is 0 Å². The maximum absolute atomic E-state index is 4.50. The summed E-state index contributed by atoms with van der Waals surface area (Å²) in [7, 11) is 0. The SMILES string of the molecule is CCNc1ncc(C)c(NC(C)Cc2cccs2)n1. The van der Waals surface area contributed by atoms with Crippen LogP contribution in [0, 0.1) is 6.92 Å². The van der Waals surface area contributed by atoms with Crippen LogP contribution in [0.4, 0.5) is 11.8 Å². The zero-order valence-corrected chi connectivity index (χ0v) is 12.4. The van der Waals surface area contributed by atoms with Gasteiger partial charge in [0.1, 0.15) is 5.82 Å². The summed E-state index contributed by atoms with van der Waals surface area (Å²) in [6.07, 6.45) is 2.86. The van der Waals surface area contributed by atoms with Crippen LogP contribution in [-0.4, -0.2) is 22.6 Å². The van der Waals surface area contributed by atoms with Crippen molar-refractivity contribution in [3.05, 3.63) is 34.2 Å². The number of anilines is 2. The quantitative estimate of drug-likeness (QED) is 0.850. The van der Waals surface area contributed by atoms with E-state index in [1.807, 2.05) is 20.0 Å².